The molecule has 1 unspecified atom stereocenters. The summed E-state index contributed by atoms with van der Waals surface area (Å²) in [5.74, 6) is -2.16. The molecule has 0 saturated carbocycles. The summed E-state index contributed by atoms with van der Waals surface area (Å²) >= 11 is 0. The average Bonchev–Trinajstić information content (AvgIpc) is 3.40. The second-order valence-corrected chi connectivity index (χ2v) is 8.05. The van der Waals surface area contributed by atoms with Gasteiger partial charge in [0.1, 0.15) is 17.3 Å². The van der Waals surface area contributed by atoms with Crippen molar-refractivity contribution in [3.63, 3.8) is 0 Å². The number of hydrogen-bond donors (Lipinski definition) is 1. The maximum Gasteiger partial charge on any atom is 0.573 e. The molecule has 2 heterocycles. The second kappa shape index (κ2) is 8.50. The monoisotopic (exact) mass is 481 g/mol. The van der Waals surface area contributed by atoms with Gasteiger partial charge in [-0.25, -0.2) is 0 Å². The van der Waals surface area contributed by atoms with Gasteiger partial charge in [-0.3, -0.25) is 14.5 Å². The molecule has 0 bridgehead atoms. The first-order valence-corrected chi connectivity index (χ1v) is 10.7. The summed E-state index contributed by atoms with van der Waals surface area (Å²) in [5, 5.41) is 11.2. The lowest BCUT2D eigenvalue weighted by atomic mass is 9.94. The zero-order chi connectivity index (χ0) is 24.7. The van der Waals surface area contributed by atoms with E-state index in [0.717, 1.165) is 22.6 Å². The Hall–Kier alpha value is -4.27. The molecule has 3 aromatic carbocycles. The van der Waals surface area contributed by atoms with E-state index in [0.29, 0.717) is 29.9 Å². The lowest BCUT2D eigenvalue weighted by Gasteiger charge is -2.26. The number of Topliss-reactive ketones (excluding diaryl/α,β-unsaturated/α-hetero) is 1. The number of benzene rings is 3. The van der Waals surface area contributed by atoms with Gasteiger partial charge in [-0.05, 0) is 41.5 Å². The molecule has 2 aliphatic heterocycles. The average molecular weight is 481 g/mol. The number of amides is 1. The molecule has 1 saturated heterocycles. The standard InChI is InChI=1S/C26H18F3NO5/c27-26(28,29)35-19-8-4-7-18(14-19)30-22(15-5-2-1-3-6-15)21(24(32)25(30)33)23(31)17-9-10-20-16(13-17)11-12-34-20/h1-10,13-14,22,31H,11-12H2/b23-21-. The first-order chi connectivity index (χ1) is 16.7. The van der Waals surface area contributed by atoms with Crippen molar-refractivity contribution in [2.45, 2.75) is 18.8 Å². The van der Waals surface area contributed by atoms with Crippen LogP contribution in [0.4, 0.5) is 18.9 Å². The molecule has 1 atom stereocenters. The topological polar surface area (TPSA) is 76.1 Å². The Labute approximate surface area is 197 Å². The highest BCUT2D eigenvalue weighted by Gasteiger charge is 2.47. The molecule has 1 N–H and O–H groups in total. The number of aliphatic hydroxyl groups excluding tert-OH is 1. The first-order valence-electron chi connectivity index (χ1n) is 10.7. The van der Waals surface area contributed by atoms with E-state index in [9.17, 15) is 27.9 Å². The SMILES string of the molecule is O=C1C(=O)N(c2cccc(OC(F)(F)F)c2)C(c2ccccc2)/C1=C(/O)c1ccc2c(c1)CCO2. The van der Waals surface area contributed by atoms with Gasteiger partial charge in [0.25, 0.3) is 11.7 Å². The number of rotatable bonds is 4. The summed E-state index contributed by atoms with van der Waals surface area (Å²) in [7, 11) is 0. The maximum atomic E-state index is 13.2. The molecule has 1 amide bonds. The van der Waals surface area contributed by atoms with Crippen LogP contribution in [0.5, 0.6) is 11.5 Å². The number of carbonyl (C=O) groups is 2. The van der Waals surface area contributed by atoms with Crippen molar-refractivity contribution in [3.05, 3.63) is 95.1 Å². The van der Waals surface area contributed by atoms with Crippen molar-refractivity contribution in [2.75, 3.05) is 11.5 Å². The third-order valence-corrected chi connectivity index (χ3v) is 5.85. The van der Waals surface area contributed by atoms with Gasteiger partial charge < -0.3 is 14.6 Å². The van der Waals surface area contributed by atoms with Crippen molar-refractivity contribution in [2.24, 2.45) is 0 Å². The van der Waals surface area contributed by atoms with Crippen LogP contribution in [0.1, 0.15) is 22.7 Å². The van der Waals surface area contributed by atoms with Gasteiger partial charge in [0.05, 0.1) is 18.2 Å². The number of hydrogen-bond acceptors (Lipinski definition) is 5. The number of fused-ring (bicyclic) bond motifs is 1. The smallest absolute Gasteiger partial charge is 0.507 e. The third-order valence-electron chi connectivity index (χ3n) is 5.85. The van der Waals surface area contributed by atoms with Gasteiger partial charge in [0.15, 0.2) is 0 Å². The number of ketones is 1. The van der Waals surface area contributed by atoms with Crippen LogP contribution in [-0.2, 0) is 16.0 Å². The van der Waals surface area contributed by atoms with Gasteiger partial charge in [-0.15, -0.1) is 13.2 Å². The van der Waals surface area contributed by atoms with E-state index in [-0.39, 0.29) is 17.0 Å². The Morgan fingerprint density at radius 3 is 2.51 bits per heavy atom. The van der Waals surface area contributed by atoms with Crippen LogP contribution in [0.2, 0.25) is 0 Å². The van der Waals surface area contributed by atoms with Crippen molar-refractivity contribution in [1.29, 1.82) is 0 Å². The molecule has 178 valence electrons. The van der Waals surface area contributed by atoms with Crippen molar-refractivity contribution >= 4 is 23.1 Å². The van der Waals surface area contributed by atoms with E-state index < -0.39 is 29.8 Å². The molecule has 1 fully saturated rings. The Bertz CT molecular complexity index is 1350. The molecule has 6 nitrogen and oxygen atoms in total. The largest absolute Gasteiger partial charge is 0.573 e. The zero-order valence-corrected chi connectivity index (χ0v) is 18.1. The Kier molecular flexibility index (Phi) is 5.47. The number of nitrogens with zero attached hydrogens (tertiary/aromatic N) is 1. The minimum Gasteiger partial charge on any atom is -0.507 e. The van der Waals surface area contributed by atoms with Gasteiger partial charge in [0.2, 0.25) is 0 Å². The highest BCUT2D eigenvalue weighted by Crippen LogP contribution is 2.43. The van der Waals surface area contributed by atoms with E-state index in [1.54, 1.807) is 48.5 Å². The predicted molar refractivity (Wildman–Crippen MR) is 120 cm³/mol. The molecule has 0 aliphatic carbocycles. The minimum atomic E-state index is -4.93. The number of anilines is 1. The van der Waals surface area contributed by atoms with E-state index in [1.807, 2.05) is 0 Å². The first kappa shape index (κ1) is 22.5. The van der Waals surface area contributed by atoms with Crippen LogP contribution in [0.25, 0.3) is 5.76 Å². The fraction of sp³-hybridized carbons (Fsp3) is 0.154. The number of halogens is 3. The van der Waals surface area contributed by atoms with Crippen LogP contribution in [0.15, 0.2) is 78.4 Å². The fourth-order valence-corrected chi connectivity index (χ4v) is 4.37. The van der Waals surface area contributed by atoms with E-state index in [4.69, 9.17) is 4.74 Å². The molecule has 2 aliphatic rings. The van der Waals surface area contributed by atoms with Gasteiger partial charge in [-0.1, -0.05) is 36.4 Å². The van der Waals surface area contributed by atoms with E-state index >= 15 is 0 Å². The van der Waals surface area contributed by atoms with Crippen LogP contribution in [-0.4, -0.2) is 29.8 Å². The number of carbonyl (C=O) groups excluding carboxylic acids is 2. The lowest BCUT2D eigenvalue weighted by molar-refractivity contribution is -0.274. The second-order valence-electron chi connectivity index (χ2n) is 8.05. The molecule has 0 spiro atoms. The number of alkyl halides is 3. The highest BCUT2D eigenvalue weighted by atomic mass is 19.4. The van der Waals surface area contributed by atoms with Crippen LogP contribution >= 0.6 is 0 Å². The third kappa shape index (κ3) is 4.21. The molecule has 0 aromatic heterocycles. The predicted octanol–water partition coefficient (Wildman–Crippen LogP) is 5.15. The van der Waals surface area contributed by atoms with Crippen LogP contribution < -0.4 is 14.4 Å². The maximum absolute atomic E-state index is 13.2. The van der Waals surface area contributed by atoms with Crippen LogP contribution in [0.3, 0.4) is 0 Å². The lowest BCUT2D eigenvalue weighted by Crippen LogP contribution is -2.29. The van der Waals surface area contributed by atoms with E-state index in [2.05, 4.69) is 4.74 Å². The van der Waals surface area contributed by atoms with Gasteiger partial charge in [0, 0.05) is 23.7 Å². The molecule has 35 heavy (non-hydrogen) atoms. The Balaban J connectivity index is 1.65. The quantitative estimate of drug-likeness (QED) is 0.317. The molecular weight excluding hydrogens is 463 g/mol. The minimum absolute atomic E-state index is 0.0177. The molecular formula is C26H18F3NO5. The Morgan fingerprint density at radius 2 is 1.77 bits per heavy atom. The fourth-order valence-electron chi connectivity index (χ4n) is 4.37. The number of ether oxygens (including phenoxy) is 2. The molecule has 5 rings (SSSR count). The van der Waals surface area contributed by atoms with Crippen molar-refractivity contribution in [1.82, 2.24) is 0 Å². The van der Waals surface area contributed by atoms with Crippen molar-refractivity contribution < 1.29 is 37.3 Å². The van der Waals surface area contributed by atoms with Gasteiger partial charge in [-0.2, -0.15) is 0 Å². The summed E-state index contributed by atoms with van der Waals surface area (Å²) in [6, 6.07) is 17.2. The normalized spacial score (nSPS) is 18.9. The van der Waals surface area contributed by atoms with Gasteiger partial charge >= 0.3 is 6.36 Å². The molecule has 9 heteroatoms. The summed E-state index contributed by atoms with van der Waals surface area (Å²) in [4.78, 5) is 27.4. The summed E-state index contributed by atoms with van der Waals surface area (Å²) in [6.07, 6.45) is -4.29. The van der Waals surface area contributed by atoms with E-state index in [1.165, 1.54) is 12.1 Å². The molecule has 0 radical (unpaired) electrons. The Morgan fingerprint density at radius 1 is 1.00 bits per heavy atom. The summed E-state index contributed by atoms with van der Waals surface area (Å²) in [5.41, 5.74) is 1.55. The zero-order valence-electron chi connectivity index (χ0n) is 18.1. The summed E-state index contributed by atoms with van der Waals surface area (Å²) < 4.78 is 47.8. The number of aliphatic hydroxyl groups is 1. The molecule has 3 aromatic rings. The highest BCUT2D eigenvalue weighted by molar-refractivity contribution is 6.51. The summed E-state index contributed by atoms with van der Waals surface area (Å²) in [6.45, 7) is 0.504. The van der Waals surface area contributed by atoms with Crippen LogP contribution in [0, 0.1) is 0 Å². The van der Waals surface area contributed by atoms with Crippen molar-refractivity contribution in [3.8, 4) is 11.5 Å².